The molecule has 0 saturated heterocycles. The van der Waals surface area contributed by atoms with Gasteiger partial charge in [-0.2, -0.15) is 0 Å². The van der Waals surface area contributed by atoms with E-state index in [-0.39, 0.29) is 11.5 Å². The summed E-state index contributed by atoms with van der Waals surface area (Å²) in [7, 11) is 1.50. The molecule has 7 heteroatoms. The topological polar surface area (TPSA) is 79.8 Å². The van der Waals surface area contributed by atoms with Gasteiger partial charge in [0, 0.05) is 22.2 Å². The standard InChI is InChI=1S/C28H22ClN3O3/c1-35-24-8-4-7-23(29)25(24)28(34)32-19-12-9-18(10-13-19)26-22-14-11-17-5-2-3-6-21(17)27(22)31-20(16-33)15-30-26/h2-14,16,20,31H,15H2,1H3,(H,32,34). The fourth-order valence-corrected chi connectivity index (χ4v) is 4.51. The van der Waals surface area contributed by atoms with Crippen LogP contribution in [0.2, 0.25) is 5.02 Å². The van der Waals surface area contributed by atoms with Crippen LogP contribution >= 0.6 is 11.6 Å². The van der Waals surface area contributed by atoms with Gasteiger partial charge in [0.25, 0.3) is 5.91 Å². The van der Waals surface area contributed by atoms with E-state index in [0.717, 1.165) is 39.6 Å². The number of anilines is 2. The van der Waals surface area contributed by atoms with Crippen LogP contribution in [0, 0.1) is 0 Å². The summed E-state index contributed by atoms with van der Waals surface area (Å²) in [6, 6.07) is 24.2. The monoisotopic (exact) mass is 483 g/mol. The molecule has 0 bridgehead atoms. The van der Waals surface area contributed by atoms with Gasteiger partial charge >= 0.3 is 0 Å². The number of ether oxygens (including phenoxy) is 1. The number of rotatable bonds is 5. The van der Waals surface area contributed by atoms with Crippen LogP contribution in [0.1, 0.15) is 21.5 Å². The molecular weight excluding hydrogens is 462 g/mol. The van der Waals surface area contributed by atoms with Crippen molar-refractivity contribution in [3.8, 4) is 5.75 Å². The van der Waals surface area contributed by atoms with Crippen molar-refractivity contribution in [1.82, 2.24) is 0 Å². The number of amides is 1. The quantitative estimate of drug-likeness (QED) is 0.363. The van der Waals surface area contributed by atoms with Gasteiger partial charge in [0.1, 0.15) is 23.6 Å². The number of aliphatic imine (C=N–C) groups is 1. The number of fused-ring (bicyclic) bond motifs is 3. The van der Waals surface area contributed by atoms with E-state index in [1.165, 1.54) is 7.11 Å². The average Bonchev–Trinajstić information content (AvgIpc) is 3.08. The maximum atomic E-state index is 12.9. The molecule has 35 heavy (non-hydrogen) atoms. The summed E-state index contributed by atoms with van der Waals surface area (Å²) in [6.45, 7) is 0.326. The van der Waals surface area contributed by atoms with Gasteiger partial charge in [-0.05, 0) is 29.7 Å². The van der Waals surface area contributed by atoms with Crippen LogP contribution in [0.3, 0.4) is 0 Å². The zero-order chi connectivity index (χ0) is 24.4. The zero-order valence-corrected chi connectivity index (χ0v) is 19.7. The first kappa shape index (κ1) is 22.6. The third kappa shape index (κ3) is 4.36. The summed E-state index contributed by atoms with van der Waals surface area (Å²) >= 11 is 6.24. The molecular formula is C28H22ClN3O3. The molecule has 174 valence electrons. The molecule has 4 aromatic rings. The summed E-state index contributed by atoms with van der Waals surface area (Å²) in [6.07, 6.45) is 0.889. The van der Waals surface area contributed by atoms with Gasteiger partial charge in [-0.3, -0.25) is 9.79 Å². The molecule has 4 aromatic carbocycles. The highest BCUT2D eigenvalue weighted by atomic mass is 35.5. The molecule has 5 rings (SSSR count). The Kier molecular flexibility index (Phi) is 6.21. The first-order valence-corrected chi connectivity index (χ1v) is 11.5. The zero-order valence-electron chi connectivity index (χ0n) is 18.9. The lowest BCUT2D eigenvalue weighted by Crippen LogP contribution is -2.23. The van der Waals surface area contributed by atoms with Crippen LogP contribution in [0.4, 0.5) is 11.4 Å². The number of hydrogen-bond donors (Lipinski definition) is 2. The highest BCUT2D eigenvalue weighted by Gasteiger charge is 2.22. The second-order valence-corrected chi connectivity index (χ2v) is 8.54. The molecule has 6 nitrogen and oxygen atoms in total. The minimum absolute atomic E-state index is 0.278. The maximum absolute atomic E-state index is 12.9. The highest BCUT2D eigenvalue weighted by molar-refractivity contribution is 6.35. The first-order chi connectivity index (χ1) is 17.1. The first-order valence-electron chi connectivity index (χ1n) is 11.1. The van der Waals surface area contributed by atoms with Gasteiger partial charge in [-0.1, -0.05) is 66.2 Å². The number of methoxy groups -OCH3 is 1. The molecule has 1 amide bonds. The predicted octanol–water partition coefficient (Wildman–Crippen LogP) is 5.58. The van der Waals surface area contributed by atoms with E-state index in [1.807, 2.05) is 54.6 Å². The summed E-state index contributed by atoms with van der Waals surface area (Å²) in [4.78, 5) is 29.3. The molecule has 0 spiro atoms. The summed E-state index contributed by atoms with van der Waals surface area (Å²) in [5.74, 6) is 0.0438. The van der Waals surface area contributed by atoms with Gasteiger partial charge in [0.15, 0.2) is 0 Å². The van der Waals surface area contributed by atoms with E-state index in [2.05, 4.69) is 16.7 Å². The lowest BCUT2D eigenvalue weighted by atomic mass is 9.96. The second-order valence-electron chi connectivity index (χ2n) is 8.13. The molecule has 1 aliphatic rings. The molecule has 1 heterocycles. The van der Waals surface area contributed by atoms with E-state index >= 15 is 0 Å². The number of carbonyl (C=O) groups is 2. The summed E-state index contributed by atoms with van der Waals surface area (Å²) < 4.78 is 5.29. The Morgan fingerprint density at radius 2 is 1.86 bits per heavy atom. The van der Waals surface area contributed by atoms with Crippen molar-refractivity contribution in [3.63, 3.8) is 0 Å². The minimum Gasteiger partial charge on any atom is -0.496 e. The van der Waals surface area contributed by atoms with E-state index in [9.17, 15) is 9.59 Å². The normalized spacial score (nSPS) is 14.8. The molecule has 0 aromatic heterocycles. The lowest BCUT2D eigenvalue weighted by Gasteiger charge is -2.16. The SMILES string of the molecule is COc1cccc(Cl)c1C(=O)Nc1ccc(C2=NCC(C=O)Nc3c2ccc2ccccc32)cc1. The number of nitrogens with one attached hydrogen (secondary N) is 2. The van der Waals surface area contributed by atoms with E-state index in [1.54, 1.807) is 18.2 Å². The van der Waals surface area contributed by atoms with Gasteiger partial charge in [-0.15, -0.1) is 0 Å². The number of nitrogens with zero attached hydrogens (tertiary/aromatic N) is 1. The van der Waals surface area contributed by atoms with Crippen molar-refractivity contribution in [1.29, 1.82) is 0 Å². The molecule has 1 unspecified atom stereocenters. The fourth-order valence-electron chi connectivity index (χ4n) is 4.25. The smallest absolute Gasteiger partial charge is 0.260 e. The van der Waals surface area contributed by atoms with Crippen molar-refractivity contribution < 1.29 is 14.3 Å². The van der Waals surface area contributed by atoms with Crippen molar-refractivity contribution >= 4 is 51.7 Å². The molecule has 2 N–H and O–H groups in total. The number of carbonyl (C=O) groups excluding carboxylic acids is 2. The van der Waals surface area contributed by atoms with Crippen molar-refractivity contribution in [2.24, 2.45) is 4.99 Å². The van der Waals surface area contributed by atoms with E-state index in [0.29, 0.717) is 23.0 Å². The third-order valence-corrected chi connectivity index (χ3v) is 6.28. The number of hydrogen-bond acceptors (Lipinski definition) is 5. The molecule has 0 aliphatic carbocycles. The molecule has 1 aliphatic heterocycles. The van der Waals surface area contributed by atoms with Crippen molar-refractivity contribution in [2.45, 2.75) is 6.04 Å². The predicted molar refractivity (Wildman–Crippen MR) is 140 cm³/mol. The number of halogens is 1. The highest BCUT2D eigenvalue weighted by Crippen LogP contribution is 2.32. The van der Waals surface area contributed by atoms with Crippen LogP contribution in [-0.4, -0.2) is 37.6 Å². The number of aldehydes is 1. The van der Waals surface area contributed by atoms with Crippen LogP contribution in [0.25, 0.3) is 10.8 Å². The Balaban J connectivity index is 1.48. The van der Waals surface area contributed by atoms with Crippen LogP contribution in [0.15, 0.2) is 83.9 Å². The van der Waals surface area contributed by atoms with Gasteiger partial charge in [0.05, 0.1) is 30.1 Å². The Morgan fingerprint density at radius 1 is 1.06 bits per heavy atom. The fraction of sp³-hybridized carbons (Fsp3) is 0.107. The van der Waals surface area contributed by atoms with Gasteiger partial charge in [-0.25, -0.2) is 0 Å². The van der Waals surface area contributed by atoms with Crippen molar-refractivity contribution in [3.05, 3.63) is 101 Å². The second kappa shape index (κ2) is 9.60. The molecule has 0 saturated carbocycles. The third-order valence-electron chi connectivity index (χ3n) is 5.96. The van der Waals surface area contributed by atoms with Gasteiger partial charge in [0.2, 0.25) is 0 Å². The Morgan fingerprint density at radius 3 is 2.63 bits per heavy atom. The van der Waals surface area contributed by atoms with Crippen LogP contribution in [0.5, 0.6) is 5.75 Å². The van der Waals surface area contributed by atoms with Crippen molar-refractivity contribution in [2.75, 3.05) is 24.3 Å². The Labute approximate surface area is 207 Å². The largest absolute Gasteiger partial charge is 0.496 e. The van der Waals surface area contributed by atoms with Crippen LogP contribution in [-0.2, 0) is 4.79 Å². The molecule has 0 fully saturated rings. The summed E-state index contributed by atoms with van der Waals surface area (Å²) in [5.41, 5.74) is 4.36. The average molecular weight is 484 g/mol. The molecule has 0 radical (unpaired) electrons. The van der Waals surface area contributed by atoms with Gasteiger partial charge < -0.3 is 20.2 Å². The van der Waals surface area contributed by atoms with Crippen LogP contribution < -0.4 is 15.4 Å². The minimum atomic E-state index is -0.416. The number of benzene rings is 4. The lowest BCUT2D eigenvalue weighted by molar-refractivity contribution is -0.108. The maximum Gasteiger partial charge on any atom is 0.260 e. The Hall–Kier alpha value is -4.16. The van der Waals surface area contributed by atoms with E-state index in [4.69, 9.17) is 21.3 Å². The van der Waals surface area contributed by atoms with E-state index < -0.39 is 6.04 Å². The summed E-state index contributed by atoms with van der Waals surface area (Å²) in [5, 5.41) is 8.66. The molecule has 1 atom stereocenters. The Bertz CT molecular complexity index is 1460.